The predicted molar refractivity (Wildman–Crippen MR) is 93.2 cm³/mol. The largest absolute Gasteiger partial charge is 0.322 e. The maximum Gasteiger partial charge on any atom is 0.322 e. The number of anilines is 1. The Balaban J connectivity index is 1.61. The molecule has 24 heavy (non-hydrogen) atoms. The number of benzene rings is 2. The number of carbonyl (C=O) groups excluding carboxylic acids is 1. The van der Waals surface area contributed by atoms with Crippen molar-refractivity contribution in [2.45, 2.75) is 31.3 Å². The van der Waals surface area contributed by atoms with E-state index in [9.17, 15) is 9.18 Å². The first-order valence-electron chi connectivity index (χ1n) is 7.86. The summed E-state index contributed by atoms with van der Waals surface area (Å²) >= 11 is 11.9. The number of amides is 2. The zero-order chi connectivity index (χ0) is 16.8. The monoisotopic (exact) mass is 364 g/mol. The number of urea groups is 1. The summed E-state index contributed by atoms with van der Waals surface area (Å²) in [6, 6.07) is 9.88. The van der Waals surface area contributed by atoms with Crippen LogP contribution < -0.4 is 5.32 Å². The van der Waals surface area contributed by atoms with Crippen LogP contribution in [0.4, 0.5) is 14.9 Å². The van der Waals surface area contributed by atoms with Crippen LogP contribution in [0.3, 0.4) is 0 Å². The van der Waals surface area contributed by atoms with Gasteiger partial charge in [0.15, 0.2) is 0 Å². The SMILES string of the molecule is O=C(Nc1ccc(Cl)c(Cl)c1)N1[C@@H]2CC[C@H]1c1cccc(F)c1C2. The van der Waals surface area contributed by atoms with Crippen LogP contribution in [-0.4, -0.2) is 17.0 Å². The molecule has 0 aromatic heterocycles. The van der Waals surface area contributed by atoms with Crippen LogP contribution in [0.25, 0.3) is 0 Å². The minimum absolute atomic E-state index is 0.0298. The van der Waals surface area contributed by atoms with Crippen LogP contribution in [0.15, 0.2) is 36.4 Å². The number of nitrogens with one attached hydrogen (secondary N) is 1. The molecule has 0 unspecified atom stereocenters. The number of carbonyl (C=O) groups is 1. The lowest BCUT2D eigenvalue weighted by Gasteiger charge is -2.36. The van der Waals surface area contributed by atoms with Gasteiger partial charge in [0.25, 0.3) is 0 Å². The maximum atomic E-state index is 14.1. The van der Waals surface area contributed by atoms with Gasteiger partial charge in [-0.05, 0) is 54.7 Å². The Morgan fingerprint density at radius 3 is 2.79 bits per heavy atom. The van der Waals surface area contributed by atoms with Gasteiger partial charge in [0.2, 0.25) is 0 Å². The van der Waals surface area contributed by atoms with E-state index in [1.165, 1.54) is 6.07 Å². The van der Waals surface area contributed by atoms with E-state index in [0.29, 0.717) is 22.2 Å². The lowest BCUT2D eigenvalue weighted by atomic mass is 9.93. The summed E-state index contributed by atoms with van der Waals surface area (Å²) in [6.07, 6.45) is 2.30. The van der Waals surface area contributed by atoms with Crippen LogP contribution in [0.1, 0.15) is 30.0 Å². The molecular weight excluding hydrogens is 350 g/mol. The van der Waals surface area contributed by atoms with Gasteiger partial charge in [0, 0.05) is 11.7 Å². The highest BCUT2D eigenvalue weighted by Gasteiger charge is 2.43. The fourth-order valence-corrected chi connectivity index (χ4v) is 4.09. The molecule has 2 aromatic rings. The van der Waals surface area contributed by atoms with Gasteiger partial charge in [0.1, 0.15) is 5.82 Å². The Labute approximate surface area is 149 Å². The second kappa shape index (κ2) is 5.94. The first-order valence-corrected chi connectivity index (χ1v) is 8.62. The second-order valence-corrected chi connectivity index (χ2v) is 7.04. The summed E-state index contributed by atoms with van der Waals surface area (Å²) in [6.45, 7) is 0. The number of hydrogen-bond acceptors (Lipinski definition) is 1. The fraction of sp³-hybridized carbons (Fsp3) is 0.278. The Morgan fingerprint density at radius 1 is 1.17 bits per heavy atom. The highest BCUT2D eigenvalue weighted by atomic mass is 35.5. The van der Waals surface area contributed by atoms with Gasteiger partial charge in [-0.25, -0.2) is 9.18 Å². The van der Waals surface area contributed by atoms with Crippen molar-refractivity contribution in [2.24, 2.45) is 0 Å². The summed E-state index contributed by atoms with van der Waals surface area (Å²) in [4.78, 5) is 14.6. The minimum Gasteiger partial charge on any atom is -0.314 e. The molecule has 2 atom stereocenters. The number of nitrogens with zero attached hydrogens (tertiary/aromatic N) is 1. The van der Waals surface area contributed by atoms with Crippen molar-refractivity contribution in [3.05, 3.63) is 63.4 Å². The third-order valence-corrected chi connectivity index (χ3v) is 5.60. The van der Waals surface area contributed by atoms with E-state index in [-0.39, 0.29) is 23.9 Å². The highest BCUT2D eigenvalue weighted by molar-refractivity contribution is 6.42. The highest BCUT2D eigenvalue weighted by Crippen LogP contribution is 2.44. The zero-order valence-corrected chi connectivity index (χ0v) is 14.2. The summed E-state index contributed by atoms with van der Waals surface area (Å²) in [5.41, 5.74) is 2.27. The Bertz CT molecular complexity index is 827. The lowest BCUT2D eigenvalue weighted by molar-refractivity contribution is 0.178. The van der Waals surface area contributed by atoms with Crippen molar-refractivity contribution in [3.63, 3.8) is 0 Å². The molecule has 2 aliphatic heterocycles. The molecule has 6 heteroatoms. The minimum atomic E-state index is -0.184. The van der Waals surface area contributed by atoms with Crippen molar-refractivity contribution < 1.29 is 9.18 Å². The number of halogens is 3. The van der Waals surface area contributed by atoms with Gasteiger partial charge in [-0.3, -0.25) is 0 Å². The number of rotatable bonds is 1. The molecule has 4 rings (SSSR count). The van der Waals surface area contributed by atoms with Gasteiger partial charge < -0.3 is 10.2 Å². The smallest absolute Gasteiger partial charge is 0.314 e. The molecular formula is C18H15Cl2FN2O. The van der Waals surface area contributed by atoms with Gasteiger partial charge in [-0.1, -0.05) is 35.3 Å². The molecule has 2 heterocycles. The number of fused-ring (bicyclic) bond motifs is 4. The van der Waals surface area contributed by atoms with Crippen LogP contribution >= 0.6 is 23.2 Å². The first-order chi connectivity index (χ1) is 11.5. The van der Waals surface area contributed by atoms with Gasteiger partial charge in [-0.15, -0.1) is 0 Å². The molecule has 1 fully saturated rings. The molecule has 0 aliphatic carbocycles. The van der Waals surface area contributed by atoms with Gasteiger partial charge in [0.05, 0.1) is 16.1 Å². The molecule has 2 bridgehead atoms. The average Bonchev–Trinajstić information content (AvgIpc) is 2.87. The molecule has 124 valence electrons. The molecule has 2 aliphatic rings. The number of hydrogen-bond donors (Lipinski definition) is 1. The molecule has 0 radical (unpaired) electrons. The van der Waals surface area contributed by atoms with Gasteiger partial charge in [-0.2, -0.15) is 0 Å². The third kappa shape index (κ3) is 2.54. The molecule has 2 aromatic carbocycles. The Morgan fingerprint density at radius 2 is 2.00 bits per heavy atom. The van der Waals surface area contributed by atoms with Crippen LogP contribution in [0, 0.1) is 5.82 Å². The van der Waals surface area contributed by atoms with Crippen molar-refractivity contribution in [1.29, 1.82) is 0 Å². The van der Waals surface area contributed by atoms with Crippen molar-refractivity contribution >= 4 is 34.9 Å². The summed E-state index contributed by atoms with van der Waals surface area (Å²) in [7, 11) is 0. The molecule has 0 spiro atoms. The topological polar surface area (TPSA) is 32.3 Å². The Kier molecular flexibility index (Phi) is 3.89. The quantitative estimate of drug-likeness (QED) is 0.719. The van der Waals surface area contributed by atoms with E-state index in [1.807, 2.05) is 11.0 Å². The fourth-order valence-electron chi connectivity index (χ4n) is 3.80. The van der Waals surface area contributed by atoms with E-state index >= 15 is 0 Å². The Hall–Kier alpha value is -1.78. The lowest BCUT2D eigenvalue weighted by Crippen LogP contribution is -2.44. The summed E-state index contributed by atoms with van der Waals surface area (Å²) in [5.74, 6) is -0.172. The molecule has 3 nitrogen and oxygen atoms in total. The van der Waals surface area contributed by atoms with E-state index in [4.69, 9.17) is 23.2 Å². The molecule has 1 N–H and O–H groups in total. The van der Waals surface area contributed by atoms with E-state index in [1.54, 1.807) is 24.3 Å². The van der Waals surface area contributed by atoms with Crippen molar-refractivity contribution in [3.8, 4) is 0 Å². The van der Waals surface area contributed by atoms with Crippen LogP contribution in [-0.2, 0) is 6.42 Å². The van der Waals surface area contributed by atoms with E-state index in [2.05, 4.69) is 5.32 Å². The second-order valence-electron chi connectivity index (χ2n) is 6.23. The molecule has 1 saturated heterocycles. The van der Waals surface area contributed by atoms with Crippen molar-refractivity contribution in [2.75, 3.05) is 5.32 Å². The summed E-state index contributed by atoms with van der Waals surface area (Å²) < 4.78 is 14.1. The van der Waals surface area contributed by atoms with Crippen molar-refractivity contribution in [1.82, 2.24) is 4.90 Å². The normalized spacial score (nSPS) is 21.5. The van der Waals surface area contributed by atoms with Crippen LogP contribution in [0.5, 0.6) is 0 Å². The third-order valence-electron chi connectivity index (χ3n) is 4.86. The van der Waals surface area contributed by atoms with Crippen LogP contribution in [0.2, 0.25) is 10.0 Å². The van der Waals surface area contributed by atoms with E-state index in [0.717, 1.165) is 24.0 Å². The average molecular weight is 365 g/mol. The molecule has 0 saturated carbocycles. The first kappa shape index (κ1) is 15.7. The van der Waals surface area contributed by atoms with Gasteiger partial charge >= 0.3 is 6.03 Å². The zero-order valence-electron chi connectivity index (χ0n) is 12.7. The van der Waals surface area contributed by atoms with E-state index < -0.39 is 0 Å². The molecule has 2 amide bonds. The summed E-state index contributed by atoms with van der Waals surface area (Å²) in [5, 5.41) is 3.71. The maximum absolute atomic E-state index is 14.1. The predicted octanol–water partition coefficient (Wildman–Crippen LogP) is 5.43. The standard InChI is InChI=1S/C18H15Cl2FN2O/c19-14-6-4-10(8-15(14)20)22-18(24)23-11-5-7-17(23)12-2-1-3-16(21)13(12)9-11/h1-4,6,8,11,17H,5,7,9H2,(H,22,24)/t11-,17+/m1/s1.